The van der Waals surface area contributed by atoms with Gasteiger partial charge in [0.15, 0.2) is 0 Å². The molecule has 2 rings (SSSR count). The number of hydrogen-bond acceptors (Lipinski definition) is 3. The van der Waals surface area contributed by atoms with Gasteiger partial charge in [0.25, 0.3) is 0 Å². The number of aliphatic hydroxyl groups excluding tert-OH is 1. The van der Waals surface area contributed by atoms with Gasteiger partial charge in [-0.05, 0) is 44.7 Å². The van der Waals surface area contributed by atoms with Crippen LogP contribution >= 0.6 is 0 Å². The smallest absolute Gasteiger partial charge is 0.111 e. The first-order valence-corrected chi connectivity index (χ1v) is 6.96. The van der Waals surface area contributed by atoms with Gasteiger partial charge in [0, 0.05) is 18.0 Å². The molecule has 1 fully saturated rings. The molecule has 0 amide bonds. The second-order valence-electron chi connectivity index (χ2n) is 6.18. The van der Waals surface area contributed by atoms with Crippen molar-refractivity contribution in [3.63, 3.8) is 0 Å². The fraction of sp³-hybridized carbons (Fsp3) is 0.733. The zero-order valence-electron chi connectivity index (χ0n) is 11.7. The van der Waals surface area contributed by atoms with E-state index in [1.807, 2.05) is 13.0 Å². The van der Waals surface area contributed by atoms with Crippen LogP contribution in [0.3, 0.4) is 0 Å². The third-order valence-corrected chi connectivity index (χ3v) is 3.94. The molecule has 0 aromatic carbocycles. The molecule has 1 saturated carbocycles. The maximum absolute atomic E-state index is 9.49. The highest BCUT2D eigenvalue weighted by molar-refractivity contribution is 5.15. The lowest BCUT2D eigenvalue weighted by atomic mass is 9.88. The zero-order valence-corrected chi connectivity index (χ0v) is 11.7. The van der Waals surface area contributed by atoms with E-state index in [0.29, 0.717) is 6.04 Å². The van der Waals surface area contributed by atoms with Crippen molar-refractivity contribution >= 4 is 0 Å². The lowest BCUT2D eigenvalue weighted by Crippen LogP contribution is -2.41. The molecule has 2 N–H and O–H groups in total. The van der Waals surface area contributed by atoms with Crippen LogP contribution in [0.4, 0.5) is 0 Å². The van der Waals surface area contributed by atoms with Gasteiger partial charge < -0.3 is 14.8 Å². The molecule has 0 radical (unpaired) electrons. The van der Waals surface area contributed by atoms with Crippen LogP contribution in [0.25, 0.3) is 0 Å². The molecular weight excluding hydrogens is 226 g/mol. The molecule has 1 aliphatic carbocycles. The first-order valence-electron chi connectivity index (χ1n) is 6.96. The summed E-state index contributed by atoms with van der Waals surface area (Å²) >= 11 is 0. The fourth-order valence-electron chi connectivity index (χ4n) is 2.56. The standard InChI is InChI=1S/C15H25NO2/c1-11-4-9-14(18-11)15(2,3)10-16-12-5-7-13(17)8-6-12/h4,9,12-13,16-17H,5-8,10H2,1-3H3. The zero-order chi connectivity index (χ0) is 13.2. The molecule has 0 atom stereocenters. The third kappa shape index (κ3) is 3.36. The van der Waals surface area contributed by atoms with Crippen molar-refractivity contribution in [2.45, 2.75) is 64.0 Å². The van der Waals surface area contributed by atoms with Crippen LogP contribution in [0.1, 0.15) is 51.1 Å². The second kappa shape index (κ2) is 5.45. The summed E-state index contributed by atoms with van der Waals surface area (Å²) in [5, 5.41) is 13.1. The van der Waals surface area contributed by atoms with E-state index in [9.17, 15) is 5.11 Å². The Morgan fingerprint density at radius 1 is 1.28 bits per heavy atom. The Bertz CT molecular complexity index is 376. The number of aliphatic hydroxyl groups is 1. The molecule has 0 spiro atoms. The largest absolute Gasteiger partial charge is 0.466 e. The number of nitrogens with one attached hydrogen (secondary N) is 1. The summed E-state index contributed by atoms with van der Waals surface area (Å²) in [5.41, 5.74) is 0.0182. The van der Waals surface area contributed by atoms with E-state index >= 15 is 0 Å². The number of aryl methyl sites for hydroxylation is 1. The normalized spacial score (nSPS) is 25.3. The Morgan fingerprint density at radius 2 is 1.94 bits per heavy atom. The van der Waals surface area contributed by atoms with Crippen molar-refractivity contribution in [1.29, 1.82) is 0 Å². The maximum atomic E-state index is 9.49. The van der Waals surface area contributed by atoms with Gasteiger partial charge in [-0.3, -0.25) is 0 Å². The van der Waals surface area contributed by atoms with Gasteiger partial charge in [0.1, 0.15) is 11.5 Å². The molecule has 18 heavy (non-hydrogen) atoms. The lowest BCUT2D eigenvalue weighted by Gasteiger charge is -2.30. The Kier molecular flexibility index (Phi) is 4.13. The van der Waals surface area contributed by atoms with Crippen molar-refractivity contribution in [3.05, 3.63) is 23.7 Å². The summed E-state index contributed by atoms with van der Waals surface area (Å²) in [6.07, 6.45) is 3.93. The molecule has 0 saturated heterocycles. The van der Waals surface area contributed by atoms with Gasteiger partial charge in [-0.25, -0.2) is 0 Å². The average Bonchev–Trinajstić information content (AvgIpc) is 2.76. The Hall–Kier alpha value is -0.800. The first-order chi connectivity index (χ1) is 8.47. The van der Waals surface area contributed by atoms with Crippen molar-refractivity contribution in [1.82, 2.24) is 5.32 Å². The predicted octanol–water partition coefficient (Wildman–Crippen LogP) is 2.76. The van der Waals surface area contributed by atoms with E-state index in [2.05, 4.69) is 25.2 Å². The van der Waals surface area contributed by atoms with Crippen LogP contribution in [0.5, 0.6) is 0 Å². The molecule has 1 aliphatic rings. The van der Waals surface area contributed by atoms with Gasteiger partial charge >= 0.3 is 0 Å². The Labute approximate surface area is 110 Å². The van der Waals surface area contributed by atoms with Gasteiger partial charge in [-0.2, -0.15) is 0 Å². The van der Waals surface area contributed by atoms with Crippen LogP contribution in [-0.4, -0.2) is 23.8 Å². The molecule has 1 aromatic rings. The first kappa shape index (κ1) is 13.6. The molecule has 1 heterocycles. The molecule has 3 nitrogen and oxygen atoms in total. The average molecular weight is 251 g/mol. The summed E-state index contributed by atoms with van der Waals surface area (Å²) in [5.74, 6) is 2.02. The maximum Gasteiger partial charge on any atom is 0.111 e. The van der Waals surface area contributed by atoms with Crippen LogP contribution in [0.15, 0.2) is 16.5 Å². The van der Waals surface area contributed by atoms with E-state index in [1.165, 1.54) is 0 Å². The van der Waals surface area contributed by atoms with Crippen molar-refractivity contribution in [2.75, 3.05) is 6.54 Å². The van der Waals surface area contributed by atoms with Gasteiger partial charge in [0.2, 0.25) is 0 Å². The highest BCUT2D eigenvalue weighted by atomic mass is 16.3. The minimum atomic E-state index is -0.0798. The summed E-state index contributed by atoms with van der Waals surface area (Å²) < 4.78 is 5.73. The third-order valence-electron chi connectivity index (χ3n) is 3.94. The molecule has 102 valence electrons. The number of rotatable bonds is 4. The van der Waals surface area contributed by atoms with Crippen LogP contribution in [-0.2, 0) is 5.41 Å². The van der Waals surface area contributed by atoms with Gasteiger partial charge in [0.05, 0.1) is 6.10 Å². The summed E-state index contributed by atoms with van der Waals surface area (Å²) in [6, 6.07) is 4.64. The predicted molar refractivity (Wildman–Crippen MR) is 72.7 cm³/mol. The molecule has 0 aliphatic heterocycles. The molecular formula is C15H25NO2. The van der Waals surface area contributed by atoms with Gasteiger partial charge in [-0.1, -0.05) is 13.8 Å². The van der Waals surface area contributed by atoms with Crippen LogP contribution in [0.2, 0.25) is 0 Å². The summed E-state index contributed by atoms with van der Waals surface area (Å²) in [4.78, 5) is 0. The topological polar surface area (TPSA) is 45.4 Å². The van der Waals surface area contributed by atoms with Crippen molar-refractivity contribution in [2.24, 2.45) is 0 Å². The van der Waals surface area contributed by atoms with E-state index in [0.717, 1.165) is 43.7 Å². The number of hydrogen-bond donors (Lipinski definition) is 2. The lowest BCUT2D eigenvalue weighted by molar-refractivity contribution is 0.115. The highest BCUT2D eigenvalue weighted by Crippen LogP contribution is 2.25. The van der Waals surface area contributed by atoms with E-state index in [1.54, 1.807) is 0 Å². The molecule has 3 heteroatoms. The van der Waals surface area contributed by atoms with Crippen LogP contribution < -0.4 is 5.32 Å². The minimum Gasteiger partial charge on any atom is -0.466 e. The SMILES string of the molecule is Cc1ccc(C(C)(C)CNC2CCC(O)CC2)o1. The molecule has 0 bridgehead atoms. The highest BCUT2D eigenvalue weighted by Gasteiger charge is 2.26. The minimum absolute atomic E-state index is 0.0182. The monoisotopic (exact) mass is 251 g/mol. The molecule has 1 aromatic heterocycles. The fourth-order valence-corrected chi connectivity index (χ4v) is 2.56. The summed E-state index contributed by atoms with van der Waals surface area (Å²) in [7, 11) is 0. The van der Waals surface area contributed by atoms with E-state index in [4.69, 9.17) is 4.42 Å². The molecule has 0 unspecified atom stereocenters. The summed E-state index contributed by atoms with van der Waals surface area (Å²) in [6.45, 7) is 7.31. The van der Waals surface area contributed by atoms with E-state index in [-0.39, 0.29) is 11.5 Å². The Morgan fingerprint density at radius 3 is 2.50 bits per heavy atom. The number of furan rings is 1. The second-order valence-corrected chi connectivity index (χ2v) is 6.18. The van der Waals surface area contributed by atoms with Crippen molar-refractivity contribution in [3.8, 4) is 0 Å². The quantitative estimate of drug-likeness (QED) is 0.865. The Balaban J connectivity index is 1.85. The van der Waals surface area contributed by atoms with Crippen molar-refractivity contribution < 1.29 is 9.52 Å². The van der Waals surface area contributed by atoms with Crippen LogP contribution in [0, 0.1) is 6.92 Å². The van der Waals surface area contributed by atoms with E-state index < -0.39 is 0 Å². The van der Waals surface area contributed by atoms with Gasteiger partial charge in [-0.15, -0.1) is 0 Å².